The Balaban J connectivity index is 2.78. The van der Waals surface area contributed by atoms with Crippen molar-refractivity contribution in [3.8, 4) is 0 Å². The maximum absolute atomic E-state index is 12.6. The van der Waals surface area contributed by atoms with E-state index in [0.717, 1.165) is 12.1 Å². The highest BCUT2D eigenvalue weighted by Gasteiger charge is 2.30. The first-order valence-electron chi connectivity index (χ1n) is 5.90. The van der Waals surface area contributed by atoms with E-state index in [4.69, 9.17) is 23.2 Å². The number of nitrogens with one attached hydrogen (secondary N) is 1. The zero-order valence-electron chi connectivity index (χ0n) is 10.5. The standard InChI is InChI=1S/C13H16Cl2F3N/c1-2-12(8-14,9-15)19-7-10-4-3-5-11(6-10)13(16,17)18/h3-6,19H,2,7-9H2,1H3. The monoisotopic (exact) mass is 313 g/mol. The van der Waals surface area contributed by atoms with Gasteiger partial charge in [-0.2, -0.15) is 13.2 Å². The van der Waals surface area contributed by atoms with E-state index in [1.165, 1.54) is 6.07 Å². The number of benzene rings is 1. The smallest absolute Gasteiger partial charge is 0.305 e. The van der Waals surface area contributed by atoms with Crippen LogP contribution in [0, 0.1) is 0 Å². The molecule has 0 radical (unpaired) electrons. The fourth-order valence-corrected chi connectivity index (χ4v) is 2.44. The fraction of sp³-hybridized carbons (Fsp3) is 0.538. The van der Waals surface area contributed by atoms with Crippen molar-refractivity contribution in [1.29, 1.82) is 0 Å². The van der Waals surface area contributed by atoms with Crippen molar-refractivity contribution in [3.63, 3.8) is 0 Å². The molecule has 1 aromatic rings. The molecule has 0 atom stereocenters. The van der Waals surface area contributed by atoms with Crippen LogP contribution in [0.3, 0.4) is 0 Å². The zero-order chi connectivity index (χ0) is 14.5. The van der Waals surface area contributed by atoms with Gasteiger partial charge in [0.25, 0.3) is 0 Å². The minimum atomic E-state index is -4.32. The lowest BCUT2D eigenvalue weighted by Crippen LogP contribution is -2.47. The maximum Gasteiger partial charge on any atom is 0.416 e. The molecular weight excluding hydrogens is 298 g/mol. The molecule has 0 aliphatic rings. The molecule has 6 heteroatoms. The molecule has 0 aliphatic carbocycles. The van der Waals surface area contributed by atoms with Gasteiger partial charge in [0.05, 0.1) is 5.56 Å². The molecule has 0 saturated carbocycles. The van der Waals surface area contributed by atoms with Gasteiger partial charge in [-0.1, -0.05) is 25.1 Å². The Hall–Kier alpha value is -0.450. The van der Waals surface area contributed by atoms with Crippen LogP contribution in [0.1, 0.15) is 24.5 Å². The van der Waals surface area contributed by atoms with Gasteiger partial charge >= 0.3 is 6.18 Å². The first-order chi connectivity index (χ1) is 8.87. The number of hydrogen-bond donors (Lipinski definition) is 1. The normalized spacial score (nSPS) is 12.7. The predicted molar refractivity (Wildman–Crippen MR) is 72.7 cm³/mol. The Morgan fingerprint density at radius 3 is 2.26 bits per heavy atom. The van der Waals surface area contributed by atoms with Crippen molar-refractivity contribution >= 4 is 23.2 Å². The second kappa shape index (κ2) is 6.82. The molecule has 0 amide bonds. The molecule has 0 spiro atoms. The summed E-state index contributed by atoms with van der Waals surface area (Å²) in [7, 11) is 0. The highest BCUT2D eigenvalue weighted by Crippen LogP contribution is 2.29. The second-order valence-electron chi connectivity index (χ2n) is 4.45. The number of halogens is 5. The summed E-state index contributed by atoms with van der Waals surface area (Å²) in [4.78, 5) is 0. The van der Waals surface area contributed by atoms with E-state index >= 15 is 0 Å². The van der Waals surface area contributed by atoms with Crippen molar-refractivity contribution in [2.24, 2.45) is 0 Å². The SMILES string of the molecule is CCC(CCl)(CCl)NCc1cccc(C(F)(F)F)c1. The summed E-state index contributed by atoms with van der Waals surface area (Å²) < 4.78 is 37.7. The Bertz CT molecular complexity index is 395. The highest BCUT2D eigenvalue weighted by atomic mass is 35.5. The summed E-state index contributed by atoms with van der Waals surface area (Å²) in [6.45, 7) is 2.24. The van der Waals surface area contributed by atoms with Gasteiger partial charge in [-0.15, -0.1) is 23.2 Å². The lowest BCUT2D eigenvalue weighted by Gasteiger charge is -2.29. The molecule has 0 bridgehead atoms. The van der Waals surface area contributed by atoms with Crippen molar-refractivity contribution in [3.05, 3.63) is 35.4 Å². The third kappa shape index (κ3) is 4.55. The lowest BCUT2D eigenvalue weighted by atomic mass is 10.0. The van der Waals surface area contributed by atoms with Crippen LogP contribution >= 0.6 is 23.2 Å². The van der Waals surface area contributed by atoms with E-state index < -0.39 is 17.3 Å². The van der Waals surface area contributed by atoms with Crippen LogP contribution in [-0.4, -0.2) is 17.3 Å². The summed E-state index contributed by atoms with van der Waals surface area (Å²) in [5, 5.41) is 3.15. The topological polar surface area (TPSA) is 12.0 Å². The Labute approximate surface area is 121 Å². The van der Waals surface area contributed by atoms with Crippen molar-refractivity contribution in [2.75, 3.05) is 11.8 Å². The van der Waals surface area contributed by atoms with Gasteiger partial charge in [0.2, 0.25) is 0 Å². The van der Waals surface area contributed by atoms with Crippen molar-refractivity contribution < 1.29 is 13.2 Å². The van der Waals surface area contributed by atoms with Gasteiger partial charge in [0.15, 0.2) is 0 Å². The summed E-state index contributed by atoms with van der Waals surface area (Å²) in [5.74, 6) is 0.623. The van der Waals surface area contributed by atoms with Gasteiger partial charge in [-0.3, -0.25) is 0 Å². The Morgan fingerprint density at radius 1 is 1.16 bits per heavy atom. The van der Waals surface area contributed by atoms with Crippen LogP contribution in [0.15, 0.2) is 24.3 Å². The minimum absolute atomic E-state index is 0.303. The summed E-state index contributed by atoms with van der Waals surface area (Å²) in [6, 6.07) is 5.23. The van der Waals surface area contributed by atoms with Crippen molar-refractivity contribution in [1.82, 2.24) is 5.32 Å². The molecule has 0 heterocycles. The average Bonchev–Trinajstić information content (AvgIpc) is 2.40. The first kappa shape index (κ1) is 16.6. The molecule has 0 fully saturated rings. The first-order valence-corrected chi connectivity index (χ1v) is 6.97. The molecule has 0 aliphatic heterocycles. The molecule has 0 aromatic heterocycles. The molecule has 1 rings (SSSR count). The number of hydrogen-bond acceptors (Lipinski definition) is 1. The third-order valence-electron chi connectivity index (χ3n) is 3.11. The van der Waals surface area contributed by atoms with Gasteiger partial charge in [-0.25, -0.2) is 0 Å². The van der Waals surface area contributed by atoms with Crippen LogP contribution in [0.25, 0.3) is 0 Å². The quantitative estimate of drug-likeness (QED) is 0.766. The summed E-state index contributed by atoms with van der Waals surface area (Å²) >= 11 is 11.7. The van der Waals surface area contributed by atoms with Crippen molar-refractivity contribution in [2.45, 2.75) is 31.6 Å². The molecule has 19 heavy (non-hydrogen) atoms. The largest absolute Gasteiger partial charge is 0.416 e. The number of alkyl halides is 5. The van der Waals surface area contributed by atoms with Gasteiger partial charge in [0.1, 0.15) is 0 Å². The maximum atomic E-state index is 12.6. The minimum Gasteiger partial charge on any atom is -0.305 e. The Kier molecular flexibility index (Phi) is 5.96. The van der Waals surface area contributed by atoms with E-state index in [0.29, 0.717) is 30.3 Å². The van der Waals surface area contributed by atoms with E-state index in [1.54, 1.807) is 6.07 Å². The van der Waals surface area contributed by atoms with E-state index in [-0.39, 0.29) is 0 Å². The molecule has 1 N–H and O–H groups in total. The van der Waals surface area contributed by atoms with Gasteiger partial charge in [-0.05, 0) is 18.1 Å². The van der Waals surface area contributed by atoms with Crippen LogP contribution in [-0.2, 0) is 12.7 Å². The molecule has 0 saturated heterocycles. The molecule has 0 unspecified atom stereocenters. The van der Waals surface area contributed by atoms with Crippen LogP contribution in [0.2, 0.25) is 0 Å². The summed E-state index contributed by atoms with van der Waals surface area (Å²) in [5.41, 5.74) is -0.536. The Morgan fingerprint density at radius 2 is 1.79 bits per heavy atom. The lowest BCUT2D eigenvalue weighted by molar-refractivity contribution is -0.137. The highest BCUT2D eigenvalue weighted by molar-refractivity contribution is 6.22. The van der Waals surface area contributed by atoms with E-state index in [9.17, 15) is 13.2 Å². The van der Waals surface area contributed by atoms with E-state index in [2.05, 4.69) is 5.32 Å². The fourth-order valence-electron chi connectivity index (χ4n) is 1.59. The van der Waals surface area contributed by atoms with Gasteiger partial charge in [0, 0.05) is 23.8 Å². The van der Waals surface area contributed by atoms with Crippen LogP contribution in [0.5, 0.6) is 0 Å². The average molecular weight is 314 g/mol. The van der Waals surface area contributed by atoms with Gasteiger partial charge < -0.3 is 5.32 Å². The molecule has 1 nitrogen and oxygen atoms in total. The van der Waals surface area contributed by atoms with Crippen LogP contribution < -0.4 is 5.32 Å². The molecular formula is C13H16Cl2F3N. The number of rotatable bonds is 6. The predicted octanol–water partition coefficient (Wildman–Crippen LogP) is 4.42. The van der Waals surface area contributed by atoms with Crippen LogP contribution in [0.4, 0.5) is 13.2 Å². The molecule has 1 aromatic carbocycles. The van der Waals surface area contributed by atoms with E-state index in [1.807, 2.05) is 6.92 Å². The summed E-state index contributed by atoms with van der Waals surface area (Å²) in [6.07, 6.45) is -3.62. The second-order valence-corrected chi connectivity index (χ2v) is 4.99. The third-order valence-corrected chi connectivity index (χ3v) is 4.13. The molecule has 108 valence electrons. The zero-order valence-corrected chi connectivity index (χ0v) is 12.0.